The lowest BCUT2D eigenvalue weighted by molar-refractivity contribution is 0.322. The zero-order chi connectivity index (χ0) is 14.5. The normalized spacial score (nSPS) is 11.2. The van der Waals surface area contributed by atoms with Crippen molar-refractivity contribution < 1.29 is 0 Å². The molecule has 2 aromatic heterocycles. The van der Waals surface area contributed by atoms with Gasteiger partial charge in [-0.15, -0.1) is 0 Å². The minimum absolute atomic E-state index is 0.737. The van der Waals surface area contributed by atoms with Gasteiger partial charge >= 0.3 is 0 Å². The minimum atomic E-state index is 0.737. The smallest absolute Gasteiger partial charge is 0.0634 e. The van der Waals surface area contributed by atoms with Crippen molar-refractivity contribution in [3.8, 4) is 0 Å². The fraction of sp³-hybridized carbons (Fsp3) is 0.467. The van der Waals surface area contributed by atoms with E-state index in [1.54, 1.807) is 12.4 Å². The molecule has 0 aromatic carbocycles. The predicted octanol–water partition coefficient (Wildman–Crippen LogP) is 3.14. The molecule has 0 bridgehead atoms. The Bertz CT molecular complexity index is 545. The van der Waals surface area contributed by atoms with Gasteiger partial charge < -0.3 is 4.90 Å². The van der Waals surface area contributed by atoms with Gasteiger partial charge in [0, 0.05) is 24.6 Å². The molecule has 0 spiro atoms. The Labute approximate surface area is 125 Å². The molecule has 0 amide bonds. The third-order valence-electron chi connectivity index (χ3n) is 3.54. The topological polar surface area (TPSA) is 44.8 Å². The second-order valence-electron chi connectivity index (χ2n) is 5.22. The van der Waals surface area contributed by atoms with Gasteiger partial charge in [0.1, 0.15) is 0 Å². The van der Waals surface area contributed by atoms with Crippen LogP contribution in [0.5, 0.6) is 0 Å². The summed E-state index contributed by atoms with van der Waals surface area (Å²) in [7, 11) is 2.12. The number of pyridine rings is 1. The van der Waals surface area contributed by atoms with Crippen LogP contribution in [0.1, 0.15) is 28.9 Å². The van der Waals surface area contributed by atoms with Crippen LogP contribution in [0.25, 0.3) is 0 Å². The summed E-state index contributed by atoms with van der Waals surface area (Å²) in [6.07, 6.45) is 5.65. The quantitative estimate of drug-likeness (QED) is 0.889. The number of nitrogens with zero attached hydrogens (tertiary/aromatic N) is 3. The third-order valence-corrected chi connectivity index (χ3v) is 3.88. The lowest BCUT2D eigenvalue weighted by atomic mass is 10.1. The van der Waals surface area contributed by atoms with Gasteiger partial charge in [0.25, 0.3) is 0 Å². The van der Waals surface area contributed by atoms with Crippen LogP contribution < -0.4 is 0 Å². The van der Waals surface area contributed by atoms with Crippen LogP contribution in [-0.4, -0.2) is 33.7 Å². The summed E-state index contributed by atoms with van der Waals surface area (Å²) < 4.78 is 0. The molecule has 2 heterocycles. The first-order valence-electron chi connectivity index (χ1n) is 6.85. The highest BCUT2D eigenvalue weighted by Gasteiger charge is 2.08. The van der Waals surface area contributed by atoms with Gasteiger partial charge in [0.15, 0.2) is 0 Å². The van der Waals surface area contributed by atoms with E-state index in [0.717, 1.165) is 42.2 Å². The molecule has 108 valence electrons. The minimum Gasteiger partial charge on any atom is -0.302 e. The fourth-order valence-electron chi connectivity index (χ4n) is 2.37. The van der Waals surface area contributed by atoms with Crippen LogP contribution in [-0.2, 0) is 13.0 Å². The average Bonchev–Trinajstić information content (AvgIpc) is 2.73. The summed E-state index contributed by atoms with van der Waals surface area (Å²) in [6.45, 7) is 6.02. The number of aromatic nitrogens is 3. The van der Waals surface area contributed by atoms with Crippen molar-refractivity contribution in [2.24, 2.45) is 0 Å². The highest BCUT2D eigenvalue weighted by molar-refractivity contribution is 6.31. The molecule has 2 aromatic rings. The molecule has 1 N–H and O–H groups in total. The molecule has 0 saturated carbocycles. The molecule has 0 aliphatic heterocycles. The number of halogens is 1. The van der Waals surface area contributed by atoms with Crippen molar-refractivity contribution in [1.29, 1.82) is 0 Å². The third kappa shape index (κ3) is 3.81. The van der Waals surface area contributed by atoms with Gasteiger partial charge in [-0.1, -0.05) is 11.6 Å². The van der Waals surface area contributed by atoms with Crippen molar-refractivity contribution in [2.45, 2.75) is 33.2 Å². The summed E-state index contributed by atoms with van der Waals surface area (Å²) in [5.41, 5.74) is 4.77. The molecule has 2 rings (SSSR count). The van der Waals surface area contributed by atoms with E-state index >= 15 is 0 Å². The SMILES string of the molecule is Cc1n[nH]c(C)c1CCCN(C)Cc1ccncc1Cl. The van der Waals surface area contributed by atoms with Gasteiger partial charge in [-0.05, 0) is 57.5 Å². The molecular formula is C15H21ClN4. The van der Waals surface area contributed by atoms with E-state index in [0.29, 0.717) is 0 Å². The number of aromatic amines is 1. The van der Waals surface area contributed by atoms with Crippen molar-refractivity contribution in [1.82, 2.24) is 20.1 Å². The summed E-state index contributed by atoms with van der Waals surface area (Å²) in [5, 5.41) is 8.00. The predicted molar refractivity (Wildman–Crippen MR) is 82.0 cm³/mol. The first-order chi connectivity index (χ1) is 9.58. The fourth-order valence-corrected chi connectivity index (χ4v) is 2.55. The van der Waals surface area contributed by atoms with Crippen LogP contribution in [0.3, 0.4) is 0 Å². The Morgan fingerprint density at radius 1 is 1.35 bits per heavy atom. The van der Waals surface area contributed by atoms with Crippen LogP contribution in [0, 0.1) is 13.8 Å². The van der Waals surface area contributed by atoms with E-state index < -0.39 is 0 Å². The molecule has 0 saturated heterocycles. The van der Waals surface area contributed by atoms with E-state index in [-0.39, 0.29) is 0 Å². The molecular weight excluding hydrogens is 272 g/mol. The lowest BCUT2D eigenvalue weighted by Crippen LogP contribution is -2.20. The van der Waals surface area contributed by atoms with Crippen molar-refractivity contribution in [3.05, 3.63) is 46.0 Å². The molecule has 20 heavy (non-hydrogen) atoms. The number of aryl methyl sites for hydroxylation is 2. The van der Waals surface area contributed by atoms with E-state index in [1.165, 1.54) is 11.3 Å². The average molecular weight is 293 g/mol. The number of hydrogen-bond donors (Lipinski definition) is 1. The zero-order valence-corrected chi connectivity index (χ0v) is 13.0. The molecule has 0 radical (unpaired) electrons. The first kappa shape index (κ1) is 15.0. The maximum absolute atomic E-state index is 6.12. The molecule has 0 aliphatic carbocycles. The van der Waals surface area contributed by atoms with Crippen LogP contribution in [0.2, 0.25) is 5.02 Å². The van der Waals surface area contributed by atoms with Crippen molar-refractivity contribution in [2.75, 3.05) is 13.6 Å². The zero-order valence-electron chi connectivity index (χ0n) is 12.3. The number of H-pyrrole nitrogens is 1. The highest BCUT2D eigenvalue weighted by Crippen LogP contribution is 2.16. The van der Waals surface area contributed by atoms with Crippen molar-refractivity contribution in [3.63, 3.8) is 0 Å². The molecule has 0 fully saturated rings. The second kappa shape index (κ2) is 6.86. The van der Waals surface area contributed by atoms with Crippen LogP contribution in [0.4, 0.5) is 0 Å². The van der Waals surface area contributed by atoms with Gasteiger partial charge in [-0.2, -0.15) is 5.10 Å². The summed E-state index contributed by atoms with van der Waals surface area (Å²) >= 11 is 6.12. The highest BCUT2D eigenvalue weighted by atomic mass is 35.5. The first-order valence-corrected chi connectivity index (χ1v) is 7.23. The second-order valence-corrected chi connectivity index (χ2v) is 5.63. The van der Waals surface area contributed by atoms with E-state index in [1.807, 2.05) is 6.07 Å². The Morgan fingerprint density at radius 3 is 2.80 bits per heavy atom. The molecule has 0 unspecified atom stereocenters. The van der Waals surface area contributed by atoms with Crippen LogP contribution >= 0.6 is 11.6 Å². The standard InChI is InChI=1S/C15H21ClN4/c1-11-14(12(2)19-18-11)5-4-8-20(3)10-13-6-7-17-9-15(13)16/h6-7,9H,4-5,8,10H2,1-3H3,(H,18,19). The monoisotopic (exact) mass is 292 g/mol. The Morgan fingerprint density at radius 2 is 2.15 bits per heavy atom. The van der Waals surface area contributed by atoms with Crippen LogP contribution in [0.15, 0.2) is 18.5 Å². The van der Waals surface area contributed by atoms with Gasteiger partial charge in [-0.3, -0.25) is 10.1 Å². The number of nitrogens with one attached hydrogen (secondary N) is 1. The summed E-state index contributed by atoms with van der Waals surface area (Å²) in [6, 6.07) is 1.98. The van der Waals surface area contributed by atoms with Gasteiger partial charge in [0.2, 0.25) is 0 Å². The van der Waals surface area contributed by atoms with E-state index in [4.69, 9.17) is 11.6 Å². The Balaban J connectivity index is 1.81. The van der Waals surface area contributed by atoms with E-state index in [2.05, 4.69) is 41.0 Å². The van der Waals surface area contributed by atoms with E-state index in [9.17, 15) is 0 Å². The Kier molecular flexibility index (Phi) is 5.15. The van der Waals surface area contributed by atoms with Gasteiger partial charge in [0.05, 0.1) is 10.7 Å². The molecule has 0 atom stereocenters. The van der Waals surface area contributed by atoms with Crippen molar-refractivity contribution >= 4 is 11.6 Å². The molecule has 5 heteroatoms. The van der Waals surface area contributed by atoms with Gasteiger partial charge in [-0.25, -0.2) is 0 Å². The lowest BCUT2D eigenvalue weighted by Gasteiger charge is -2.17. The maximum Gasteiger partial charge on any atom is 0.0634 e. The molecule has 4 nitrogen and oxygen atoms in total. The number of rotatable bonds is 6. The number of hydrogen-bond acceptors (Lipinski definition) is 3. The summed E-state index contributed by atoms with van der Waals surface area (Å²) in [5.74, 6) is 0. The summed E-state index contributed by atoms with van der Waals surface area (Å²) in [4.78, 5) is 6.29. The maximum atomic E-state index is 6.12. The Hall–Kier alpha value is -1.39. The largest absolute Gasteiger partial charge is 0.302 e. The molecule has 0 aliphatic rings.